The number of benzene rings is 2. The third-order valence-corrected chi connectivity index (χ3v) is 5.61. The average Bonchev–Trinajstić information content (AvgIpc) is 3.29. The first kappa shape index (κ1) is 18.5. The fourth-order valence-corrected chi connectivity index (χ4v) is 4.01. The van der Waals surface area contributed by atoms with Gasteiger partial charge in [0.05, 0.1) is 0 Å². The Labute approximate surface area is 166 Å². The summed E-state index contributed by atoms with van der Waals surface area (Å²) < 4.78 is 0. The van der Waals surface area contributed by atoms with Gasteiger partial charge in [-0.2, -0.15) is 0 Å². The van der Waals surface area contributed by atoms with E-state index >= 15 is 0 Å². The minimum Gasteiger partial charge on any atom is -0.372 e. The standard InChI is InChI=1S/C23H27N3O2/c27-22(18-7-6-8-19(17-18)23(28)26-15-4-5-16-26)24-20-9-11-21(12-10-20)25-13-2-1-3-14-25/h6-12,17H,1-5,13-16H2,(H,24,27). The Kier molecular flexibility index (Phi) is 5.60. The molecule has 146 valence electrons. The van der Waals surface area contributed by atoms with E-state index in [1.54, 1.807) is 24.3 Å². The normalized spacial score (nSPS) is 16.9. The first-order chi connectivity index (χ1) is 13.7. The molecule has 5 nitrogen and oxygen atoms in total. The molecule has 2 aliphatic heterocycles. The molecule has 2 aromatic carbocycles. The quantitative estimate of drug-likeness (QED) is 0.870. The Morgan fingerprint density at radius 3 is 2.11 bits per heavy atom. The maximum absolute atomic E-state index is 12.7. The van der Waals surface area contributed by atoms with Gasteiger partial charge in [0, 0.05) is 48.7 Å². The van der Waals surface area contributed by atoms with Crippen LogP contribution >= 0.6 is 0 Å². The average molecular weight is 377 g/mol. The number of nitrogens with zero attached hydrogens (tertiary/aromatic N) is 2. The molecule has 2 saturated heterocycles. The molecule has 0 unspecified atom stereocenters. The maximum atomic E-state index is 12.7. The van der Waals surface area contributed by atoms with Crippen LogP contribution in [0.15, 0.2) is 48.5 Å². The number of rotatable bonds is 4. The van der Waals surface area contributed by atoms with Gasteiger partial charge in [0.25, 0.3) is 11.8 Å². The Morgan fingerprint density at radius 1 is 0.750 bits per heavy atom. The number of amides is 2. The molecule has 0 aromatic heterocycles. The Hall–Kier alpha value is -2.82. The molecule has 2 aromatic rings. The van der Waals surface area contributed by atoms with Crippen molar-refractivity contribution in [3.8, 4) is 0 Å². The van der Waals surface area contributed by atoms with Crippen molar-refractivity contribution in [1.82, 2.24) is 4.90 Å². The molecule has 4 rings (SSSR count). The second-order valence-corrected chi connectivity index (χ2v) is 7.63. The molecule has 0 radical (unpaired) electrons. The van der Waals surface area contributed by atoms with Crippen molar-refractivity contribution in [3.05, 3.63) is 59.7 Å². The zero-order valence-electron chi connectivity index (χ0n) is 16.2. The van der Waals surface area contributed by atoms with Gasteiger partial charge in [-0.3, -0.25) is 9.59 Å². The van der Waals surface area contributed by atoms with Crippen LogP contribution in [0.1, 0.15) is 52.8 Å². The second kappa shape index (κ2) is 8.46. The summed E-state index contributed by atoms with van der Waals surface area (Å²) in [5.41, 5.74) is 3.05. The monoisotopic (exact) mass is 377 g/mol. The molecule has 2 amide bonds. The van der Waals surface area contributed by atoms with Crippen molar-refractivity contribution in [1.29, 1.82) is 0 Å². The summed E-state index contributed by atoms with van der Waals surface area (Å²) in [5, 5.41) is 2.94. The summed E-state index contributed by atoms with van der Waals surface area (Å²) in [4.78, 5) is 29.5. The molecular weight excluding hydrogens is 350 g/mol. The van der Waals surface area contributed by atoms with Crippen molar-refractivity contribution in [2.24, 2.45) is 0 Å². The molecule has 28 heavy (non-hydrogen) atoms. The topological polar surface area (TPSA) is 52.7 Å². The van der Waals surface area contributed by atoms with E-state index in [1.807, 2.05) is 17.0 Å². The van der Waals surface area contributed by atoms with E-state index in [1.165, 1.54) is 24.9 Å². The number of piperidine rings is 1. The minimum atomic E-state index is -0.193. The maximum Gasteiger partial charge on any atom is 0.255 e. The van der Waals surface area contributed by atoms with Crippen LogP contribution in [0.3, 0.4) is 0 Å². The summed E-state index contributed by atoms with van der Waals surface area (Å²) in [7, 11) is 0. The SMILES string of the molecule is O=C(Nc1ccc(N2CCCCC2)cc1)c1cccc(C(=O)N2CCCC2)c1. The first-order valence-corrected chi connectivity index (χ1v) is 10.3. The van der Waals surface area contributed by atoms with Gasteiger partial charge in [0.2, 0.25) is 0 Å². The minimum absolute atomic E-state index is 0.0121. The van der Waals surface area contributed by atoms with Gasteiger partial charge in [0.15, 0.2) is 0 Å². The lowest BCUT2D eigenvalue weighted by Crippen LogP contribution is -2.29. The molecule has 2 heterocycles. The number of carbonyl (C=O) groups is 2. The summed E-state index contributed by atoms with van der Waals surface area (Å²) >= 11 is 0. The molecule has 5 heteroatoms. The van der Waals surface area contributed by atoms with Gasteiger partial charge in [-0.05, 0) is 74.6 Å². The Balaban J connectivity index is 1.42. The van der Waals surface area contributed by atoms with Crippen LogP contribution in [0.4, 0.5) is 11.4 Å². The number of nitrogens with one attached hydrogen (secondary N) is 1. The van der Waals surface area contributed by atoms with Crippen LogP contribution in [0.5, 0.6) is 0 Å². The van der Waals surface area contributed by atoms with Crippen LogP contribution in [0.25, 0.3) is 0 Å². The predicted octanol–water partition coefficient (Wildman–Crippen LogP) is 4.17. The zero-order valence-corrected chi connectivity index (χ0v) is 16.2. The molecule has 0 saturated carbocycles. The lowest BCUT2D eigenvalue weighted by atomic mass is 10.1. The summed E-state index contributed by atoms with van der Waals surface area (Å²) in [6, 6.07) is 15.0. The van der Waals surface area contributed by atoms with E-state index in [9.17, 15) is 9.59 Å². The highest BCUT2D eigenvalue weighted by Gasteiger charge is 2.20. The molecule has 0 spiro atoms. The molecule has 2 fully saturated rings. The van der Waals surface area contributed by atoms with Gasteiger partial charge < -0.3 is 15.1 Å². The highest BCUT2D eigenvalue weighted by Crippen LogP contribution is 2.22. The van der Waals surface area contributed by atoms with E-state index in [2.05, 4.69) is 22.3 Å². The number of hydrogen-bond donors (Lipinski definition) is 1. The third-order valence-electron chi connectivity index (χ3n) is 5.61. The fraction of sp³-hybridized carbons (Fsp3) is 0.391. The zero-order chi connectivity index (χ0) is 19.3. The van der Waals surface area contributed by atoms with E-state index in [0.29, 0.717) is 11.1 Å². The van der Waals surface area contributed by atoms with E-state index < -0.39 is 0 Å². The van der Waals surface area contributed by atoms with Crippen LogP contribution < -0.4 is 10.2 Å². The number of anilines is 2. The molecule has 0 aliphatic carbocycles. The Morgan fingerprint density at radius 2 is 1.39 bits per heavy atom. The first-order valence-electron chi connectivity index (χ1n) is 10.3. The van der Waals surface area contributed by atoms with Crippen molar-refractivity contribution < 1.29 is 9.59 Å². The lowest BCUT2D eigenvalue weighted by Gasteiger charge is -2.28. The fourth-order valence-electron chi connectivity index (χ4n) is 4.01. The molecule has 2 aliphatic rings. The van der Waals surface area contributed by atoms with Crippen molar-refractivity contribution in [2.45, 2.75) is 32.1 Å². The molecule has 0 atom stereocenters. The second-order valence-electron chi connectivity index (χ2n) is 7.63. The number of likely N-dealkylation sites (tertiary alicyclic amines) is 1. The van der Waals surface area contributed by atoms with Gasteiger partial charge >= 0.3 is 0 Å². The lowest BCUT2D eigenvalue weighted by molar-refractivity contribution is 0.0793. The molecular formula is C23H27N3O2. The van der Waals surface area contributed by atoms with Crippen LogP contribution in [-0.4, -0.2) is 42.9 Å². The smallest absolute Gasteiger partial charge is 0.255 e. The largest absolute Gasteiger partial charge is 0.372 e. The summed E-state index contributed by atoms with van der Waals surface area (Å²) in [6.45, 7) is 3.81. The van der Waals surface area contributed by atoms with Crippen LogP contribution in [0.2, 0.25) is 0 Å². The predicted molar refractivity (Wildman–Crippen MR) is 112 cm³/mol. The Bertz CT molecular complexity index is 835. The van der Waals surface area contributed by atoms with Gasteiger partial charge in [-0.25, -0.2) is 0 Å². The van der Waals surface area contributed by atoms with E-state index in [0.717, 1.165) is 44.7 Å². The van der Waals surface area contributed by atoms with E-state index in [4.69, 9.17) is 0 Å². The highest BCUT2D eigenvalue weighted by atomic mass is 16.2. The van der Waals surface area contributed by atoms with Gasteiger partial charge in [-0.15, -0.1) is 0 Å². The third kappa shape index (κ3) is 4.19. The van der Waals surface area contributed by atoms with Gasteiger partial charge in [0.1, 0.15) is 0 Å². The number of hydrogen-bond acceptors (Lipinski definition) is 3. The highest BCUT2D eigenvalue weighted by molar-refractivity contribution is 6.06. The number of carbonyl (C=O) groups excluding carboxylic acids is 2. The summed E-state index contributed by atoms with van der Waals surface area (Å²) in [5.74, 6) is -0.181. The van der Waals surface area contributed by atoms with Gasteiger partial charge in [-0.1, -0.05) is 6.07 Å². The van der Waals surface area contributed by atoms with Crippen LogP contribution in [0, 0.1) is 0 Å². The molecule has 1 N–H and O–H groups in total. The summed E-state index contributed by atoms with van der Waals surface area (Å²) in [6.07, 6.45) is 5.90. The van der Waals surface area contributed by atoms with Crippen molar-refractivity contribution in [2.75, 3.05) is 36.4 Å². The van der Waals surface area contributed by atoms with Crippen LogP contribution in [-0.2, 0) is 0 Å². The van der Waals surface area contributed by atoms with E-state index in [-0.39, 0.29) is 11.8 Å². The van der Waals surface area contributed by atoms with Crippen molar-refractivity contribution in [3.63, 3.8) is 0 Å². The van der Waals surface area contributed by atoms with Crippen molar-refractivity contribution >= 4 is 23.2 Å². The molecule has 0 bridgehead atoms.